The van der Waals surface area contributed by atoms with E-state index in [1.165, 1.54) is 0 Å². The fourth-order valence-electron chi connectivity index (χ4n) is 1.15. The molecule has 1 rings (SSSR count). The smallest absolute Gasteiger partial charge is 0.319 e. The van der Waals surface area contributed by atoms with Crippen molar-refractivity contribution in [2.75, 3.05) is 11.9 Å². The van der Waals surface area contributed by atoms with Crippen LogP contribution in [0.2, 0.25) is 10.0 Å². The second-order valence-corrected chi connectivity index (χ2v) is 4.15. The molecule has 0 unspecified atom stereocenters. The number of unbranched alkanes of at least 4 members (excludes halogenated alkanes) is 1. The number of amides is 2. The number of carbonyl (C=O) groups is 1. The molecule has 3 nitrogen and oxygen atoms in total. The molecule has 0 radical (unpaired) electrons. The Labute approximate surface area is 105 Å². The van der Waals surface area contributed by atoms with Crippen molar-refractivity contribution in [2.45, 2.75) is 19.8 Å². The fraction of sp³-hybridized carbons (Fsp3) is 0.364. The van der Waals surface area contributed by atoms with Crippen molar-refractivity contribution in [1.82, 2.24) is 5.32 Å². The van der Waals surface area contributed by atoms with E-state index in [-0.39, 0.29) is 6.03 Å². The molecular formula is C11H14Cl2N2O. The molecule has 0 aromatic heterocycles. The SMILES string of the molecule is CCCCNC(=O)Nc1c(Cl)cccc1Cl. The van der Waals surface area contributed by atoms with Gasteiger partial charge in [-0.15, -0.1) is 0 Å². The number of rotatable bonds is 4. The normalized spacial score (nSPS) is 9.94. The molecule has 1 aromatic carbocycles. The summed E-state index contributed by atoms with van der Waals surface area (Å²) in [6.45, 7) is 2.70. The molecule has 2 amide bonds. The van der Waals surface area contributed by atoms with E-state index >= 15 is 0 Å². The van der Waals surface area contributed by atoms with Crippen molar-refractivity contribution in [3.8, 4) is 0 Å². The van der Waals surface area contributed by atoms with Gasteiger partial charge in [0, 0.05) is 6.54 Å². The largest absolute Gasteiger partial charge is 0.338 e. The molecular weight excluding hydrogens is 247 g/mol. The van der Waals surface area contributed by atoms with Crippen LogP contribution in [0.15, 0.2) is 18.2 Å². The Morgan fingerprint density at radius 1 is 1.31 bits per heavy atom. The number of anilines is 1. The van der Waals surface area contributed by atoms with Gasteiger partial charge in [-0.3, -0.25) is 0 Å². The number of halogens is 2. The van der Waals surface area contributed by atoms with Gasteiger partial charge in [-0.05, 0) is 18.6 Å². The Hall–Kier alpha value is -0.930. The van der Waals surface area contributed by atoms with Gasteiger partial charge in [-0.1, -0.05) is 42.6 Å². The lowest BCUT2D eigenvalue weighted by atomic mass is 10.3. The molecule has 0 aliphatic heterocycles. The highest BCUT2D eigenvalue weighted by Gasteiger charge is 2.08. The summed E-state index contributed by atoms with van der Waals surface area (Å²) in [5, 5.41) is 6.20. The monoisotopic (exact) mass is 260 g/mol. The predicted molar refractivity (Wildman–Crippen MR) is 68.4 cm³/mol. The van der Waals surface area contributed by atoms with E-state index < -0.39 is 0 Å². The van der Waals surface area contributed by atoms with Crippen molar-refractivity contribution in [3.05, 3.63) is 28.2 Å². The van der Waals surface area contributed by atoms with E-state index in [0.29, 0.717) is 22.3 Å². The number of hydrogen-bond donors (Lipinski definition) is 2. The van der Waals surface area contributed by atoms with E-state index in [1.54, 1.807) is 18.2 Å². The lowest BCUT2D eigenvalue weighted by Gasteiger charge is -2.09. The van der Waals surface area contributed by atoms with Crippen LogP contribution in [-0.2, 0) is 0 Å². The summed E-state index contributed by atoms with van der Waals surface area (Å²) in [4.78, 5) is 11.5. The molecule has 2 N–H and O–H groups in total. The van der Waals surface area contributed by atoms with Gasteiger partial charge in [-0.2, -0.15) is 0 Å². The fourth-order valence-corrected chi connectivity index (χ4v) is 1.65. The summed E-state index contributed by atoms with van der Waals surface area (Å²) < 4.78 is 0. The van der Waals surface area contributed by atoms with E-state index in [1.807, 2.05) is 0 Å². The molecule has 16 heavy (non-hydrogen) atoms. The number of hydrogen-bond acceptors (Lipinski definition) is 1. The van der Waals surface area contributed by atoms with Crippen LogP contribution >= 0.6 is 23.2 Å². The summed E-state index contributed by atoms with van der Waals surface area (Å²) in [5.74, 6) is 0. The van der Waals surface area contributed by atoms with Gasteiger partial charge in [0.15, 0.2) is 0 Å². The number of urea groups is 1. The Bertz CT molecular complexity index is 349. The third kappa shape index (κ3) is 3.91. The topological polar surface area (TPSA) is 41.1 Å². The third-order valence-corrected chi connectivity index (χ3v) is 2.65. The number of benzene rings is 1. The average Bonchev–Trinajstić information content (AvgIpc) is 2.24. The highest BCUT2D eigenvalue weighted by atomic mass is 35.5. The zero-order valence-corrected chi connectivity index (χ0v) is 10.5. The summed E-state index contributed by atoms with van der Waals surface area (Å²) >= 11 is 11.8. The number of nitrogens with one attached hydrogen (secondary N) is 2. The van der Waals surface area contributed by atoms with Gasteiger partial charge in [0.2, 0.25) is 0 Å². The van der Waals surface area contributed by atoms with E-state index in [2.05, 4.69) is 17.6 Å². The average molecular weight is 261 g/mol. The van der Waals surface area contributed by atoms with Gasteiger partial charge < -0.3 is 10.6 Å². The Kier molecular flexibility index (Phi) is 5.43. The molecule has 1 aromatic rings. The predicted octanol–water partition coefficient (Wildman–Crippen LogP) is 3.92. The molecule has 0 saturated carbocycles. The molecule has 0 heterocycles. The van der Waals surface area contributed by atoms with E-state index in [0.717, 1.165) is 12.8 Å². The summed E-state index contributed by atoms with van der Waals surface area (Å²) in [5.41, 5.74) is 0.444. The van der Waals surface area contributed by atoms with Crippen LogP contribution in [0, 0.1) is 0 Å². The molecule has 0 atom stereocenters. The second-order valence-electron chi connectivity index (χ2n) is 3.33. The minimum atomic E-state index is -0.288. The number of carbonyl (C=O) groups excluding carboxylic acids is 1. The minimum Gasteiger partial charge on any atom is -0.338 e. The molecule has 0 bridgehead atoms. The second kappa shape index (κ2) is 6.61. The third-order valence-electron chi connectivity index (χ3n) is 2.02. The van der Waals surface area contributed by atoms with Crippen molar-refractivity contribution < 1.29 is 4.79 Å². The minimum absolute atomic E-state index is 0.288. The lowest BCUT2D eigenvalue weighted by Crippen LogP contribution is -2.29. The standard InChI is InChI=1S/C11H14Cl2N2O/c1-2-3-7-14-11(16)15-10-8(12)5-4-6-9(10)13/h4-6H,2-3,7H2,1H3,(H2,14,15,16). The van der Waals surface area contributed by atoms with Gasteiger partial charge in [-0.25, -0.2) is 4.79 Å². The van der Waals surface area contributed by atoms with Crippen molar-refractivity contribution in [2.24, 2.45) is 0 Å². The van der Waals surface area contributed by atoms with Crippen molar-refractivity contribution >= 4 is 34.9 Å². The van der Waals surface area contributed by atoms with Crippen molar-refractivity contribution in [3.63, 3.8) is 0 Å². The van der Waals surface area contributed by atoms with Gasteiger partial charge in [0.05, 0.1) is 15.7 Å². The first kappa shape index (κ1) is 13.1. The van der Waals surface area contributed by atoms with Crippen LogP contribution in [-0.4, -0.2) is 12.6 Å². The summed E-state index contributed by atoms with van der Waals surface area (Å²) in [6, 6.07) is 4.79. The zero-order chi connectivity index (χ0) is 12.0. The Balaban J connectivity index is 2.56. The summed E-state index contributed by atoms with van der Waals surface area (Å²) in [6.07, 6.45) is 1.98. The first-order chi connectivity index (χ1) is 7.65. The van der Waals surface area contributed by atoms with Gasteiger partial charge >= 0.3 is 6.03 Å². The highest BCUT2D eigenvalue weighted by molar-refractivity contribution is 6.39. The molecule has 5 heteroatoms. The first-order valence-electron chi connectivity index (χ1n) is 5.14. The molecule has 0 aliphatic carbocycles. The van der Waals surface area contributed by atoms with Crippen LogP contribution in [0.5, 0.6) is 0 Å². The maximum atomic E-state index is 11.5. The van der Waals surface area contributed by atoms with Crippen LogP contribution in [0.4, 0.5) is 10.5 Å². The van der Waals surface area contributed by atoms with Gasteiger partial charge in [0.1, 0.15) is 0 Å². The highest BCUT2D eigenvalue weighted by Crippen LogP contribution is 2.29. The molecule has 0 fully saturated rings. The van der Waals surface area contributed by atoms with Crippen LogP contribution in [0.25, 0.3) is 0 Å². The van der Waals surface area contributed by atoms with Crippen LogP contribution in [0.3, 0.4) is 0 Å². The number of para-hydroxylation sites is 1. The van der Waals surface area contributed by atoms with Crippen molar-refractivity contribution in [1.29, 1.82) is 0 Å². The quantitative estimate of drug-likeness (QED) is 0.792. The molecule has 0 aliphatic rings. The Morgan fingerprint density at radius 3 is 2.50 bits per heavy atom. The maximum Gasteiger partial charge on any atom is 0.319 e. The first-order valence-corrected chi connectivity index (χ1v) is 5.89. The molecule has 88 valence electrons. The lowest BCUT2D eigenvalue weighted by molar-refractivity contribution is 0.252. The molecule has 0 spiro atoms. The Morgan fingerprint density at radius 2 is 1.94 bits per heavy atom. The maximum absolute atomic E-state index is 11.5. The van der Waals surface area contributed by atoms with Crippen LogP contribution < -0.4 is 10.6 Å². The van der Waals surface area contributed by atoms with E-state index in [4.69, 9.17) is 23.2 Å². The van der Waals surface area contributed by atoms with E-state index in [9.17, 15) is 4.79 Å². The molecule has 0 saturated heterocycles. The van der Waals surface area contributed by atoms with Gasteiger partial charge in [0.25, 0.3) is 0 Å². The van der Waals surface area contributed by atoms with Crippen LogP contribution in [0.1, 0.15) is 19.8 Å². The summed E-state index contributed by atoms with van der Waals surface area (Å²) in [7, 11) is 0. The zero-order valence-electron chi connectivity index (χ0n) is 9.02.